The topological polar surface area (TPSA) is 63.6 Å². The van der Waals surface area contributed by atoms with Crippen LogP contribution in [-0.2, 0) is 23.0 Å². The van der Waals surface area contributed by atoms with Crippen LogP contribution in [0.2, 0.25) is 0 Å². The Labute approximate surface area is 153 Å². The van der Waals surface area contributed by atoms with Crippen LogP contribution in [0.4, 0.5) is 0 Å². The molecule has 0 fully saturated rings. The summed E-state index contributed by atoms with van der Waals surface area (Å²) in [5.41, 5.74) is 2.51. The third kappa shape index (κ3) is 7.78. The zero-order chi connectivity index (χ0) is 18.7. The van der Waals surface area contributed by atoms with E-state index in [9.17, 15) is 13.0 Å². The molecule has 1 aromatic rings. The van der Waals surface area contributed by atoms with Crippen molar-refractivity contribution in [1.29, 1.82) is 0 Å². The van der Waals surface area contributed by atoms with E-state index in [1.807, 2.05) is 12.1 Å². The van der Waals surface area contributed by atoms with Crippen molar-refractivity contribution in [1.82, 2.24) is 0 Å². The normalized spacial score (nSPS) is 13.0. The number of benzene rings is 1. The summed E-state index contributed by atoms with van der Waals surface area (Å²) in [5, 5.41) is -0.875. The van der Waals surface area contributed by atoms with Crippen molar-refractivity contribution in [2.75, 3.05) is 6.61 Å². The van der Waals surface area contributed by atoms with E-state index in [0.29, 0.717) is 6.42 Å². The third-order valence-corrected chi connectivity index (χ3v) is 5.92. The van der Waals surface area contributed by atoms with Gasteiger partial charge in [0.05, 0.1) is 0 Å². The van der Waals surface area contributed by atoms with E-state index in [-0.39, 0.29) is 6.61 Å². The number of aryl methyl sites for hydroxylation is 1. The van der Waals surface area contributed by atoms with Gasteiger partial charge < -0.3 is 4.74 Å². The van der Waals surface area contributed by atoms with E-state index < -0.39 is 15.4 Å². The second-order valence-corrected chi connectivity index (χ2v) is 8.36. The summed E-state index contributed by atoms with van der Waals surface area (Å²) in [6.07, 6.45) is 9.31. The summed E-state index contributed by atoms with van der Waals surface area (Å²) >= 11 is 0. The highest BCUT2D eigenvalue weighted by Gasteiger charge is 2.22. The highest BCUT2D eigenvalue weighted by molar-refractivity contribution is 7.86. The van der Waals surface area contributed by atoms with Gasteiger partial charge in [-0.05, 0) is 49.3 Å². The highest BCUT2D eigenvalue weighted by Crippen LogP contribution is 2.27. The molecule has 0 radical (unpaired) electrons. The first-order chi connectivity index (χ1) is 11.9. The van der Waals surface area contributed by atoms with Gasteiger partial charge in [0.1, 0.15) is 17.6 Å². The average molecular weight is 371 g/mol. The van der Waals surface area contributed by atoms with Crippen LogP contribution in [0.1, 0.15) is 76.8 Å². The fourth-order valence-corrected chi connectivity index (χ4v) is 3.64. The van der Waals surface area contributed by atoms with Crippen LogP contribution in [0.3, 0.4) is 0 Å². The molecule has 0 aliphatic heterocycles. The first-order valence-electron chi connectivity index (χ1n) is 9.63. The van der Waals surface area contributed by atoms with Crippen LogP contribution in [-0.4, -0.2) is 24.8 Å². The Morgan fingerprint density at radius 3 is 2.20 bits per heavy atom. The largest absolute Gasteiger partial charge is 0.492 e. The predicted molar refractivity (Wildman–Crippen MR) is 104 cm³/mol. The van der Waals surface area contributed by atoms with Crippen LogP contribution >= 0.6 is 0 Å². The van der Waals surface area contributed by atoms with Gasteiger partial charge >= 0.3 is 0 Å². The Hall–Kier alpha value is -1.07. The summed E-state index contributed by atoms with van der Waals surface area (Å²) in [4.78, 5) is 0. The second kappa shape index (κ2) is 11.5. The van der Waals surface area contributed by atoms with Crippen molar-refractivity contribution >= 4 is 10.1 Å². The highest BCUT2D eigenvalue weighted by atomic mass is 32.2. The zero-order valence-electron chi connectivity index (χ0n) is 16.0. The molecule has 4 nitrogen and oxygen atoms in total. The maximum Gasteiger partial charge on any atom is 0.271 e. The van der Waals surface area contributed by atoms with E-state index in [4.69, 9.17) is 4.74 Å². The van der Waals surface area contributed by atoms with Gasteiger partial charge in [-0.25, -0.2) is 0 Å². The van der Waals surface area contributed by atoms with E-state index in [0.717, 1.165) is 37.9 Å². The lowest BCUT2D eigenvalue weighted by atomic mass is 9.96. The molecule has 0 bridgehead atoms. The van der Waals surface area contributed by atoms with E-state index in [1.165, 1.54) is 30.4 Å². The van der Waals surface area contributed by atoms with E-state index >= 15 is 0 Å². The van der Waals surface area contributed by atoms with Gasteiger partial charge in [0.2, 0.25) is 0 Å². The van der Waals surface area contributed by atoms with Gasteiger partial charge in [0, 0.05) is 0 Å². The molecule has 1 aromatic carbocycles. The molecule has 0 aliphatic carbocycles. The molecule has 1 rings (SSSR count). The van der Waals surface area contributed by atoms with Crippen LogP contribution in [0.5, 0.6) is 5.75 Å². The van der Waals surface area contributed by atoms with Crippen LogP contribution in [0.15, 0.2) is 18.2 Å². The fraction of sp³-hybridized carbons (Fsp3) is 0.700. The number of hydrogen-bond acceptors (Lipinski definition) is 3. The molecule has 0 spiro atoms. The molecule has 1 N–H and O–H groups in total. The maximum absolute atomic E-state index is 11.4. The fourth-order valence-electron chi connectivity index (χ4n) is 2.98. The SMILES string of the molecule is CCCCCc1cccc(OCC(CC)S(=O)(=O)O)c1CCCCC. The Bertz CT molecular complexity index is 596. The number of rotatable bonds is 13. The quantitative estimate of drug-likeness (QED) is 0.383. The van der Waals surface area contributed by atoms with Gasteiger partial charge in [-0.2, -0.15) is 8.42 Å². The number of hydrogen-bond donors (Lipinski definition) is 1. The van der Waals surface area contributed by atoms with Crippen LogP contribution in [0.25, 0.3) is 0 Å². The Morgan fingerprint density at radius 2 is 1.64 bits per heavy atom. The molecule has 1 unspecified atom stereocenters. The summed E-state index contributed by atoms with van der Waals surface area (Å²) < 4.78 is 37.9. The maximum atomic E-state index is 11.4. The number of ether oxygens (including phenoxy) is 1. The molecular formula is C20H34O4S. The molecular weight excluding hydrogens is 336 g/mol. The van der Waals surface area contributed by atoms with Crippen LogP contribution in [0, 0.1) is 0 Å². The molecule has 0 heterocycles. The Kier molecular flexibility index (Phi) is 10.1. The summed E-state index contributed by atoms with van der Waals surface area (Å²) in [6.45, 7) is 6.12. The number of unbranched alkanes of at least 4 members (excludes halogenated alkanes) is 4. The first-order valence-corrected chi connectivity index (χ1v) is 11.1. The Morgan fingerprint density at radius 1 is 1.00 bits per heavy atom. The lowest BCUT2D eigenvalue weighted by Crippen LogP contribution is -2.27. The predicted octanol–water partition coefficient (Wildman–Crippen LogP) is 5.20. The lowest BCUT2D eigenvalue weighted by molar-refractivity contribution is 0.298. The van der Waals surface area contributed by atoms with E-state index in [2.05, 4.69) is 19.9 Å². The molecule has 25 heavy (non-hydrogen) atoms. The Balaban J connectivity index is 2.92. The van der Waals surface area contributed by atoms with Gasteiger partial charge in [-0.1, -0.05) is 58.6 Å². The smallest absolute Gasteiger partial charge is 0.271 e. The molecule has 0 aliphatic rings. The summed E-state index contributed by atoms with van der Waals surface area (Å²) in [6, 6.07) is 6.06. The minimum absolute atomic E-state index is 0.00543. The van der Waals surface area contributed by atoms with Gasteiger partial charge in [-0.3, -0.25) is 4.55 Å². The molecule has 5 heteroatoms. The van der Waals surface area contributed by atoms with Crippen molar-refractivity contribution in [3.05, 3.63) is 29.3 Å². The standard InChI is InChI=1S/C20H34O4S/c1-4-7-9-12-17-13-11-15-20(19(17)14-10-8-5-2)24-16-18(6-3)25(21,22)23/h11,13,15,18H,4-10,12,14,16H2,1-3H3,(H,21,22,23). The minimum Gasteiger partial charge on any atom is -0.492 e. The van der Waals surface area contributed by atoms with Crippen molar-refractivity contribution < 1.29 is 17.7 Å². The van der Waals surface area contributed by atoms with Gasteiger partial charge in [0.15, 0.2) is 0 Å². The molecule has 0 amide bonds. The molecule has 144 valence electrons. The lowest BCUT2D eigenvalue weighted by Gasteiger charge is -2.18. The summed E-state index contributed by atoms with van der Waals surface area (Å²) in [7, 11) is -4.07. The van der Waals surface area contributed by atoms with E-state index in [1.54, 1.807) is 6.92 Å². The van der Waals surface area contributed by atoms with Gasteiger partial charge in [-0.15, -0.1) is 0 Å². The molecule has 0 saturated carbocycles. The van der Waals surface area contributed by atoms with Crippen molar-refractivity contribution in [2.45, 2.75) is 83.8 Å². The van der Waals surface area contributed by atoms with Crippen molar-refractivity contribution in [2.24, 2.45) is 0 Å². The zero-order valence-corrected chi connectivity index (χ0v) is 16.8. The summed E-state index contributed by atoms with van der Waals surface area (Å²) in [5.74, 6) is 0.771. The first kappa shape index (κ1) is 22.0. The van der Waals surface area contributed by atoms with Crippen molar-refractivity contribution in [3.63, 3.8) is 0 Å². The van der Waals surface area contributed by atoms with Crippen LogP contribution < -0.4 is 4.74 Å². The third-order valence-electron chi connectivity index (χ3n) is 4.61. The second-order valence-electron chi connectivity index (χ2n) is 6.66. The van der Waals surface area contributed by atoms with Gasteiger partial charge in [0.25, 0.3) is 10.1 Å². The monoisotopic (exact) mass is 370 g/mol. The molecule has 0 saturated heterocycles. The average Bonchev–Trinajstić information content (AvgIpc) is 2.56. The molecule has 1 atom stereocenters. The minimum atomic E-state index is -4.07. The van der Waals surface area contributed by atoms with Crippen molar-refractivity contribution in [3.8, 4) is 5.75 Å². The molecule has 0 aromatic heterocycles.